The number of nitrogens with zero attached hydrogens (tertiary/aromatic N) is 3. The average molecular weight is 292 g/mol. The maximum absolute atomic E-state index is 12.7. The number of carbonyl (C=O) groups excluding carboxylic acids is 2. The lowest BCUT2D eigenvalue weighted by molar-refractivity contribution is -0.157. The van der Waals surface area contributed by atoms with Gasteiger partial charge in [-0.25, -0.2) is 0 Å². The summed E-state index contributed by atoms with van der Waals surface area (Å²) in [6.45, 7) is 6.89. The topological polar surface area (TPSA) is 67.2 Å². The highest BCUT2D eigenvalue weighted by Crippen LogP contribution is 2.26. The van der Waals surface area contributed by atoms with Crippen LogP contribution in [0.25, 0.3) is 0 Å². The van der Waals surface area contributed by atoms with Crippen molar-refractivity contribution in [3.05, 3.63) is 18.5 Å². The van der Waals surface area contributed by atoms with Gasteiger partial charge in [-0.15, -0.1) is 0 Å². The minimum Gasteiger partial charge on any atom is -0.342 e. The molecule has 1 aliphatic heterocycles. The molecule has 2 heterocycles. The van der Waals surface area contributed by atoms with E-state index in [0.717, 1.165) is 6.42 Å². The van der Waals surface area contributed by atoms with E-state index >= 15 is 0 Å². The van der Waals surface area contributed by atoms with Crippen LogP contribution < -0.4 is 5.32 Å². The quantitative estimate of drug-likeness (QED) is 0.856. The Bertz CT molecular complexity index is 500. The van der Waals surface area contributed by atoms with Crippen molar-refractivity contribution in [3.63, 3.8) is 0 Å². The third-order valence-corrected chi connectivity index (χ3v) is 4.33. The molecular formula is C15H24N4O2. The van der Waals surface area contributed by atoms with Gasteiger partial charge in [0.25, 0.3) is 0 Å². The van der Waals surface area contributed by atoms with Gasteiger partial charge in [0, 0.05) is 18.9 Å². The molecule has 0 aliphatic carbocycles. The number of hydrogen-bond donors (Lipinski definition) is 1. The Kier molecular flexibility index (Phi) is 4.65. The van der Waals surface area contributed by atoms with Crippen molar-refractivity contribution in [1.82, 2.24) is 20.0 Å². The van der Waals surface area contributed by atoms with Crippen molar-refractivity contribution in [2.75, 3.05) is 6.54 Å². The van der Waals surface area contributed by atoms with Crippen LogP contribution in [0.4, 0.5) is 0 Å². The second-order valence-electron chi connectivity index (χ2n) is 5.70. The SMILES string of the molecule is CCCC1NC(=O)C(C)(CC)N(CCn2cccn2)C1=O. The Hall–Kier alpha value is -1.85. The van der Waals surface area contributed by atoms with E-state index < -0.39 is 5.54 Å². The van der Waals surface area contributed by atoms with Crippen LogP contribution in [0.15, 0.2) is 18.5 Å². The lowest BCUT2D eigenvalue weighted by atomic mass is 9.89. The highest BCUT2D eigenvalue weighted by atomic mass is 16.2. The maximum atomic E-state index is 12.7. The van der Waals surface area contributed by atoms with Gasteiger partial charge in [0.2, 0.25) is 11.8 Å². The van der Waals surface area contributed by atoms with Crippen molar-refractivity contribution in [1.29, 1.82) is 0 Å². The highest BCUT2D eigenvalue weighted by molar-refractivity contribution is 5.99. The molecule has 0 spiro atoms. The fraction of sp³-hybridized carbons (Fsp3) is 0.667. The van der Waals surface area contributed by atoms with Crippen LogP contribution >= 0.6 is 0 Å². The fourth-order valence-electron chi connectivity index (χ4n) is 2.76. The van der Waals surface area contributed by atoms with Crippen LogP contribution in [0.1, 0.15) is 40.0 Å². The van der Waals surface area contributed by atoms with E-state index in [1.165, 1.54) is 0 Å². The molecule has 0 saturated carbocycles. The molecule has 1 N–H and O–H groups in total. The first-order valence-electron chi connectivity index (χ1n) is 7.62. The first-order chi connectivity index (χ1) is 10.0. The first kappa shape index (κ1) is 15.5. The van der Waals surface area contributed by atoms with Gasteiger partial charge in [0.15, 0.2) is 0 Å². The molecular weight excluding hydrogens is 268 g/mol. The van der Waals surface area contributed by atoms with E-state index in [1.54, 1.807) is 15.8 Å². The minimum atomic E-state index is -0.769. The predicted molar refractivity (Wildman–Crippen MR) is 79.5 cm³/mol. The van der Waals surface area contributed by atoms with Crippen molar-refractivity contribution < 1.29 is 9.59 Å². The summed E-state index contributed by atoms with van der Waals surface area (Å²) in [5, 5.41) is 7.03. The molecule has 6 heteroatoms. The molecule has 1 fully saturated rings. The first-order valence-corrected chi connectivity index (χ1v) is 7.62. The van der Waals surface area contributed by atoms with Gasteiger partial charge in [0.1, 0.15) is 11.6 Å². The molecule has 2 atom stereocenters. The molecule has 116 valence electrons. The number of carbonyl (C=O) groups is 2. The number of aromatic nitrogens is 2. The highest BCUT2D eigenvalue weighted by Gasteiger charge is 2.47. The van der Waals surface area contributed by atoms with Gasteiger partial charge in [-0.1, -0.05) is 20.3 Å². The fourth-order valence-corrected chi connectivity index (χ4v) is 2.76. The molecule has 0 aromatic carbocycles. The lowest BCUT2D eigenvalue weighted by Gasteiger charge is -2.46. The predicted octanol–water partition coefficient (Wildman–Crippen LogP) is 1.18. The van der Waals surface area contributed by atoms with Crippen LogP contribution in [0, 0.1) is 0 Å². The summed E-state index contributed by atoms with van der Waals surface area (Å²) < 4.78 is 1.78. The second kappa shape index (κ2) is 6.28. The summed E-state index contributed by atoms with van der Waals surface area (Å²) in [6.07, 6.45) is 5.72. The van der Waals surface area contributed by atoms with Gasteiger partial charge in [-0.3, -0.25) is 14.3 Å². The van der Waals surface area contributed by atoms with E-state index in [1.807, 2.05) is 33.0 Å². The van der Waals surface area contributed by atoms with E-state index in [0.29, 0.717) is 25.9 Å². The second-order valence-corrected chi connectivity index (χ2v) is 5.70. The van der Waals surface area contributed by atoms with Crippen molar-refractivity contribution in [2.24, 2.45) is 0 Å². The smallest absolute Gasteiger partial charge is 0.246 e. The summed E-state index contributed by atoms with van der Waals surface area (Å²) >= 11 is 0. The molecule has 0 radical (unpaired) electrons. The lowest BCUT2D eigenvalue weighted by Crippen LogP contribution is -2.69. The summed E-state index contributed by atoms with van der Waals surface area (Å²) in [4.78, 5) is 26.8. The number of piperazine rings is 1. The summed E-state index contributed by atoms with van der Waals surface area (Å²) in [5.41, 5.74) is -0.769. The van der Waals surface area contributed by atoms with Crippen LogP contribution in [-0.4, -0.2) is 44.6 Å². The molecule has 2 amide bonds. The van der Waals surface area contributed by atoms with Crippen LogP contribution in [0.5, 0.6) is 0 Å². The molecule has 2 unspecified atom stereocenters. The minimum absolute atomic E-state index is 0.0213. The summed E-state index contributed by atoms with van der Waals surface area (Å²) in [5.74, 6) is -0.0310. The largest absolute Gasteiger partial charge is 0.342 e. The summed E-state index contributed by atoms with van der Waals surface area (Å²) in [6, 6.07) is 1.46. The van der Waals surface area contributed by atoms with Gasteiger partial charge >= 0.3 is 0 Å². The van der Waals surface area contributed by atoms with Crippen LogP contribution in [0.2, 0.25) is 0 Å². The zero-order valence-electron chi connectivity index (χ0n) is 13.0. The summed E-state index contributed by atoms with van der Waals surface area (Å²) in [7, 11) is 0. The zero-order chi connectivity index (χ0) is 15.5. The third kappa shape index (κ3) is 2.94. The Morgan fingerprint density at radius 1 is 1.33 bits per heavy atom. The molecule has 1 aromatic heterocycles. The number of nitrogens with one attached hydrogen (secondary N) is 1. The van der Waals surface area contributed by atoms with Gasteiger partial charge < -0.3 is 10.2 Å². The standard InChI is InChI=1S/C15H24N4O2/c1-4-7-12-13(20)19(11-10-18-9-6-8-16-18)15(3,5-2)14(21)17-12/h6,8-9,12H,4-5,7,10-11H2,1-3H3,(H,17,21). The molecule has 1 aromatic rings. The number of rotatable bonds is 6. The molecule has 21 heavy (non-hydrogen) atoms. The molecule has 1 aliphatic rings. The van der Waals surface area contributed by atoms with Crippen molar-refractivity contribution in [2.45, 2.75) is 58.2 Å². The molecule has 1 saturated heterocycles. The van der Waals surface area contributed by atoms with Crippen molar-refractivity contribution >= 4 is 11.8 Å². The molecule has 0 bridgehead atoms. The van der Waals surface area contributed by atoms with E-state index in [-0.39, 0.29) is 17.9 Å². The molecule has 2 rings (SSSR count). The van der Waals surface area contributed by atoms with Crippen LogP contribution in [0.3, 0.4) is 0 Å². The Labute approximate surface area is 125 Å². The number of hydrogen-bond acceptors (Lipinski definition) is 3. The Morgan fingerprint density at radius 2 is 2.10 bits per heavy atom. The molecule has 6 nitrogen and oxygen atoms in total. The zero-order valence-corrected chi connectivity index (χ0v) is 13.0. The monoisotopic (exact) mass is 292 g/mol. The third-order valence-electron chi connectivity index (χ3n) is 4.33. The average Bonchev–Trinajstić information content (AvgIpc) is 2.98. The van der Waals surface area contributed by atoms with E-state index in [2.05, 4.69) is 10.4 Å². The van der Waals surface area contributed by atoms with Gasteiger partial charge in [-0.2, -0.15) is 5.10 Å². The van der Waals surface area contributed by atoms with Crippen molar-refractivity contribution in [3.8, 4) is 0 Å². The van der Waals surface area contributed by atoms with Gasteiger partial charge in [0.05, 0.1) is 6.54 Å². The van der Waals surface area contributed by atoms with Gasteiger partial charge in [-0.05, 0) is 25.8 Å². The Balaban J connectivity index is 2.17. The number of amides is 2. The van der Waals surface area contributed by atoms with Crippen LogP contribution in [-0.2, 0) is 16.1 Å². The normalized spacial score (nSPS) is 26.0. The maximum Gasteiger partial charge on any atom is 0.246 e. The Morgan fingerprint density at radius 3 is 2.67 bits per heavy atom. The van der Waals surface area contributed by atoms with E-state index in [4.69, 9.17) is 0 Å². The van der Waals surface area contributed by atoms with E-state index in [9.17, 15) is 9.59 Å².